The minimum Gasteiger partial charge on any atom is -0.481 e. The summed E-state index contributed by atoms with van der Waals surface area (Å²) in [4.78, 5) is 19.5. The molecule has 5 heteroatoms. The van der Waals surface area contributed by atoms with Crippen molar-refractivity contribution < 1.29 is 14.6 Å². The molecular formula is C17H14N2O3. The van der Waals surface area contributed by atoms with Crippen LogP contribution >= 0.6 is 0 Å². The molecule has 1 aromatic carbocycles. The number of carboxylic acids is 1. The molecule has 22 heavy (non-hydrogen) atoms. The fourth-order valence-electron chi connectivity index (χ4n) is 2.40. The number of hydrogen-bond donors (Lipinski definition) is 1. The van der Waals surface area contributed by atoms with Gasteiger partial charge in [-0.2, -0.15) is 0 Å². The van der Waals surface area contributed by atoms with Gasteiger partial charge in [0.15, 0.2) is 0 Å². The average molecular weight is 294 g/mol. The molecule has 0 spiro atoms. The monoisotopic (exact) mass is 294 g/mol. The molecule has 0 radical (unpaired) electrons. The molecule has 1 N–H and O–H groups in total. The van der Waals surface area contributed by atoms with Crippen molar-refractivity contribution in [2.24, 2.45) is 0 Å². The van der Waals surface area contributed by atoms with Gasteiger partial charge in [0.2, 0.25) is 5.88 Å². The van der Waals surface area contributed by atoms with Gasteiger partial charge in [-0.05, 0) is 35.7 Å². The molecule has 0 fully saturated rings. The number of aromatic nitrogens is 2. The molecule has 0 aliphatic heterocycles. The summed E-state index contributed by atoms with van der Waals surface area (Å²) in [7, 11) is 1.57. The Morgan fingerprint density at radius 1 is 1.23 bits per heavy atom. The lowest BCUT2D eigenvalue weighted by Gasteiger charge is -2.09. The SMILES string of the molecule is COc1cc(Cc2cc(C(=O)O)nc3ccccc23)ccn1. The fourth-order valence-corrected chi connectivity index (χ4v) is 2.40. The highest BCUT2D eigenvalue weighted by Gasteiger charge is 2.11. The first-order valence-electron chi connectivity index (χ1n) is 6.78. The van der Waals surface area contributed by atoms with Gasteiger partial charge in [0.1, 0.15) is 5.69 Å². The molecule has 0 atom stereocenters. The molecule has 3 rings (SSSR count). The number of pyridine rings is 2. The van der Waals surface area contributed by atoms with Crippen LogP contribution in [0.4, 0.5) is 0 Å². The Morgan fingerprint density at radius 2 is 2.05 bits per heavy atom. The molecule has 110 valence electrons. The van der Waals surface area contributed by atoms with Gasteiger partial charge in [-0.1, -0.05) is 18.2 Å². The van der Waals surface area contributed by atoms with Crippen molar-refractivity contribution in [2.75, 3.05) is 7.11 Å². The standard InChI is InChI=1S/C17H14N2O3/c1-22-16-9-11(6-7-18-16)8-12-10-15(17(20)21)19-14-5-3-2-4-13(12)14/h2-7,9-10H,8H2,1H3,(H,20,21). The van der Waals surface area contributed by atoms with Gasteiger partial charge in [0.25, 0.3) is 0 Å². The van der Waals surface area contributed by atoms with E-state index in [-0.39, 0.29) is 5.69 Å². The summed E-state index contributed by atoms with van der Waals surface area (Å²) in [6.07, 6.45) is 2.26. The number of hydrogen-bond acceptors (Lipinski definition) is 4. The zero-order chi connectivity index (χ0) is 15.5. The Labute approximate surface area is 127 Å². The number of ether oxygens (including phenoxy) is 1. The van der Waals surface area contributed by atoms with Gasteiger partial charge in [-0.3, -0.25) is 0 Å². The van der Waals surface area contributed by atoms with Crippen molar-refractivity contribution in [2.45, 2.75) is 6.42 Å². The zero-order valence-electron chi connectivity index (χ0n) is 12.0. The minimum absolute atomic E-state index is 0.0507. The summed E-state index contributed by atoms with van der Waals surface area (Å²) < 4.78 is 5.12. The molecule has 2 heterocycles. The molecule has 0 bridgehead atoms. The Hall–Kier alpha value is -2.95. The van der Waals surface area contributed by atoms with Gasteiger partial charge < -0.3 is 9.84 Å². The lowest BCUT2D eigenvalue weighted by Crippen LogP contribution is -2.03. The van der Waals surface area contributed by atoms with Gasteiger partial charge in [0.05, 0.1) is 12.6 Å². The Morgan fingerprint density at radius 3 is 2.82 bits per heavy atom. The summed E-state index contributed by atoms with van der Waals surface area (Å²) in [6.45, 7) is 0. The highest BCUT2D eigenvalue weighted by molar-refractivity contribution is 5.91. The van der Waals surface area contributed by atoms with Crippen LogP contribution in [0.25, 0.3) is 10.9 Å². The van der Waals surface area contributed by atoms with Crippen LogP contribution in [0.15, 0.2) is 48.7 Å². The molecule has 0 amide bonds. The maximum absolute atomic E-state index is 11.3. The fraction of sp³-hybridized carbons (Fsp3) is 0.118. The first-order valence-corrected chi connectivity index (χ1v) is 6.78. The van der Waals surface area contributed by atoms with E-state index in [2.05, 4.69) is 9.97 Å². The van der Waals surface area contributed by atoms with Gasteiger partial charge >= 0.3 is 5.97 Å². The van der Waals surface area contributed by atoms with Crippen molar-refractivity contribution in [3.05, 3.63) is 65.5 Å². The largest absolute Gasteiger partial charge is 0.481 e. The van der Waals surface area contributed by atoms with E-state index in [1.807, 2.05) is 36.4 Å². The third-order valence-electron chi connectivity index (χ3n) is 3.42. The van der Waals surface area contributed by atoms with E-state index in [0.717, 1.165) is 16.5 Å². The van der Waals surface area contributed by atoms with E-state index < -0.39 is 5.97 Å². The normalized spacial score (nSPS) is 10.6. The van der Waals surface area contributed by atoms with Crippen LogP contribution in [0.1, 0.15) is 21.6 Å². The van der Waals surface area contributed by atoms with Gasteiger partial charge in [0, 0.05) is 17.6 Å². The second-order valence-electron chi connectivity index (χ2n) is 4.87. The van der Waals surface area contributed by atoms with Crippen LogP contribution in [0.5, 0.6) is 5.88 Å². The predicted octanol–water partition coefficient (Wildman–Crippen LogP) is 2.93. The molecule has 3 aromatic rings. The third-order valence-corrected chi connectivity index (χ3v) is 3.42. The number of nitrogens with zero attached hydrogens (tertiary/aromatic N) is 2. The predicted molar refractivity (Wildman–Crippen MR) is 82.3 cm³/mol. The maximum atomic E-state index is 11.3. The first kappa shape index (κ1) is 14.0. The summed E-state index contributed by atoms with van der Waals surface area (Å²) in [5.41, 5.74) is 2.64. The average Bonchev–Trinajstić information content (AvgIpc) is 2.55. The summed E-state index contributed by atoms with van der Waals surface area (Å²) in [5.74, 6) is -0.492. The molecule has 0 aliphatic carbocycles. The summed E-state index contributed by atoms with van der Waals surface area (Å²) in [6, 6.07) is 12.9. The Bertz CT molecular complexity index is 846. The van der Waals surface area contributed by atoms with E-state index >= 15 is 0 Å². The Kier molecular flexibility index (Phi) is 3.70. The number of rotatable bonds is 4. The number of para-hydroxylation sites is 1. The van der Waals surface area contributed by atoms with Crippen molar-refractivity contribution in [3.8, 4) is 5.88 Å². The smallest absolute Gasteiger partial charge is 0.354 e. The van der Waals surface area contributed by atoms with E-state index in [9.17, 15) is 9.90 Å². The van der Waals surface area contributed by atoms with Crippen LogP contribution in [0.2, 0.25) is 0 Å². The van der Waals surface area contributed by atoms with Crippen LogP contribution in [0.3, 0.4) is 0 Å². The lowest BCUT2D eigenvalue weighted by molar-refractivity contribution is 0.0691. The maximum Gasteiger partial charge on any atom is 0.354 e. The number of fused-ring (bicyclic) bond motifs is 1. The number of benzene rings is 1. The molecule has 0 aliphatic rings. The third kappa shape index (κ3) is 2.74. The van der Waals surface area contributed by atoms with Crippen LogP contribution in [-0.4, -0.2) is 28.2 Å². The second-order valence-corrected chi connectivity index (χ2v) is 4.87. The van der Waals surface area contributed by atoms with E-state index in [4.69, 9.17) is 4.74 Å². The molecule has 5 nitrogen and oxygen atoms in total. The van der Waals surface area contributed by atoms with Crippen molar-refractivity contribution in [3.63, 3.8) is 0 Å². The van der Waals surface area contributed by atoms with E-state index in [1.54, 1.807) is 19.4 Å². The van der Waals surface area contributed by atoms with Gasteiger partial charge in [-0.25, -0.2) is 14.8 Å². The van der Waals surface area contributed by atoms with Gasteiger partial charge in [-0.15, -0.1) is 0 Å². The molecular weight excluding hydrogens is 280 g/mol. The highest BCUT2D eigenvalue weighted by Crippen LogP contribution is 2.22. The molecule has 2 aromatic heterocycles. The molecule has 0 unspecified atom stereocenters. The first-order chi connectivity index (χ1) is 10.7. The highest BCUT2D eigenvalue weighted by atomic mass is 16.5. The van der Waals surface area contributed by atoms with Crippen molar-refractivity contribution >= 4 is 16.9 Å². The number of methoxy groups -OCH3 is 1. The number of aromatic carboxylic acids is 1. The van der Waals surface area contributed by atoms with Crippen LogP contribution in [0, 0.1) is 0 Å². The van der Waals surface area contributed by atoms with E-state index in [0.29, 0.717) is 17.8 Å². The lowest BCUT2D eigenvalue weighted by atomic mass is 10.0. The Balaban J connectivity index is 2.10. The topological polar surface area (TPSA) is 72.3 Å². The van der Waals surface area contributed by atoms with Crippen LogP contribution in [-0.2, 0) is 6.42 Å². The quantitative estimate of drug-likeness (QED) is 0.801. The second kappa shape index (κ2) is 5.81. The van der Waals surface area contributed by atoms with Crippen molar-refractivity contribution in [1.29, 1.82) is 0 Å². The summed E-state index contributed by atoms with van der Waals surface area (Å²) >= 11 is 0. The number of carbonyl (C=O) groups is 1. The van der Waals surface area contributed by atoms with E-state index in [1.165, 1.54) is 0 Å². The minimum atomic E-state index is -1.03. The van der Waals surface area contributed by atoms with Crippen LogP contribution < -0.4 is 4.74 Å². The zero-order valence-corrected chi connectivity index (χ0v) is 12.0. The molecule has 0 saturated heterocycles. The van der Waals surface area contributed by atoms with Crippen molar-refractivity contribution in [1.82, 2.24) is 9.97 Å². The number of carboxylic acid groups (broad SMARTS) is 1. The molecule has 0 saturated carbocycles. The summed E-state index contributed by atoms with van der Waals surface area (Å²) in [5, 5.41) is 10.2.